The summed E-state index contributed by atoms with van der Waals surface area (Å²) < 4.78 is 10.3. The fraction of sp³-hybridized carbons (Fsp3) is 0.500. The number of piperidine rings is 1. The van der Waals surface area contributed by atoms with Gasteiger partial charge in [-0.05, 0) is 12.0 Å². The van der Waals surface area contributed by atoms with E-state index in [0.717, 1.165) is 6.42 Å². The summed E-state index contributed by atoms with van der Waals surface area (Å²) in [4.78, 5) is 18.5. The van der Waals surface area contributed by atoms with Crippen molar-refractivity contribution < 1.29 is 14.1 Å². The highest BCUT2D eigenvalue weighted by Gasteiger charge is 2.36. The van der Waals surface area contributed by atoms with E-state index in [-0.39, 0.29) is 11.3 Å². The van der Waals surface area contributed by atoms with Gasteiger partial charge in [0.05, 0.1) is 6.61 Å². The Kier molecular flexibility index (Phi) is 4.94. The van der Waals surface area contributed by atoms with Crippen LogP contribution < -0.4 is 0 Å². The summed E-state index contributed by atoms with van der Waals surface area (Å²) in [7, 11) is 1.64. The summed E-state index contributed by atoms with van der Waals surface area (Å²) in [6.07, 6.45) is 2.00. The summed E-state index contributed by atoms with van der Waals surface area (Å²) in [6.45, 7) is 3.78. The molecule has 0 unspecified atom stereocenters. The molecule has 0 N–H and O–H groups in total. The van der Waals surface area contributed by atoms with Crippen molar-refractivity contribution in [1.82, 2.24) is 15.0 Å². The molecule has 1 aromatic heterocycles. The van der Waals surface area contributed by atoms with Crippen molar-refractivity contribution in [3.63, 3.8) is 0 Å². The minimum atomic E-state index is -0.0475. The van der Waals surface area contributed by atoms with Crippen molar-refractivity contribution in [2.24, 2.45) is 0 Å². The Hall–Kier alpha value is -2.21. The first kappa shape index (κ1) is 16.6. The first-order valence-electron chi connectivity index (χ1n) is 8.24. The van der Waals surface area contributed by atoms with Crippen LogP contribution in [0.1, 0.15) is 37.0 Å². The quantitative estimate of drug-likeness (QED) is 0.813. The molecule has 1 saturated heterocycles. The van der Waals surface area contributed by atoms with Gasteiger partial charge in [0.1, 0.15) is 6.54 Å². The molecule has 0 saturated carbocycles. The van der Waals surface area contributed by atoms with Gasteiger partial charge in [-0.3, -0.25) is 4.79 Å². The second-order valence-corrected chi connectivity index (χ2v) is 6.52. The zero-order valence-electron chi connectivity index (χ0n) is 14.2. The summed E-state index contributed by atoms with van der Waals surface area (Å²) in [6, 6.07) is 10.4. The van der Waals surface area contributed by atoms with Crippen LogP contribution in [0.25, 0.3) is 0 Å². The molecule has 1 aliphatic heterocycles. The lowest BCUT2D eigenvalue weighted by molar-refractivity contribution is -0.136. The number of likely N-dealkylation sites (tertiary alicyclic amines) is 1. The Morgan fingerprint density at radius 2 is 2.12 bits per heavy atom. The van der Waals surface area contributed by atoms with Crippen molar-refractivity contribution in [1.29, 1.82) is 0 Å². The van der Waals surface area contributed by atoms with Crippen molar-refractivity contribution >= 4 is 5.91 Å². The molecular formula is C18H23N3O3. The van der Waals surface area contributed by atoms with E-state index in [9.17, 15) is 4.79 Å². The maximum Gasteiger partial charge on any atom is 0.246 e. The van der Waals surface area contributed by atoms with E-state index in [0.29, 0.717) is 44.3 Å². The van der Waals surface area contributed by atoms with E-state index < -0.39 is 0 Å². The van der Waals surface area contributed by atoms with Crippen molar-refractivity contribution in [2.75, 3.05) is 20.3 Å². The zero-order chi connectivity index (χ0) is 17.0. The van der Waals surface area contributed by atoms with Gasteiger partial charge >= 0.3 is 0 Å². The van der Waals surface area contributed by atoms with E-state index in [1.807, 2.05) is 23.1 Å². The van der Waals surface area contributed by atoms with Crippen molar-refractivity contribution in [3.05, 3.63) is 47.6 Å². The highest BCUT2D eigenvalue weighted by molar-refractivity contribution is 5.77. The lowest BCUT2D eigenvalue weighted by atomic mass is 9.76. The molecule has 2 heterocycles. The molecule has 0 bridgehead atoms. The molecule has 6 nitrogen and oxygen atoms in total. The third-order valence-electron chi connectivity index (χ3n) is 4.62. The number of methoxy groups -OCH3 is 1. The predicted molar refractivity (Wildman–Crippen MR) is 88.3 cm³/mol. The molecule has 1 aliphatic rings. The lowest BCUT2D eigenvalue weighted by Gasteiger charge is -2.40. The van der Waals surface area contributed by atoms with E-state index in [2.05, 4.69) is 29.2 Å². The van der Waals surface area contributed by atoms with Gasteiger partial charge in [0, 0.05) is 31.9 Å². The topological polar surface area (TPSA) is 68.5 Å². The molecule has 3 rings (SSSR count). The van der Waals surface area contributed by atoms with Crippen LogP contribution in [0.15, 0.2) is 34.9 Å². The highest BCUT2D eigenvalue weighted by Crippen LogP contribution is 2.34. The highest BCUT2D eigenvalue weighted by atomic mass is 16.5. The molecule has 128 valence electrons. The van der Waals surface area contributed by atoms with Crippen molar-refractivity contribution in [2.45, 2.75) is 38.1 Å². The average molecular weight is 329 g/mol. The second-order valence-electron chi connectivity index (χ2n) is 6.52. The molecule has 0 spiro atoms. The second kappa shape index (κ2) is 7.13. The van der Waals surface area contributed by atoms with Crippen LogP contribution in [0.5, 0.6) is 0 Å². The normalized spacial score (nSPS) is 21.2. The molecule has 1 fully saturated rings. The Balaban J connectivity index is 1.70. The summed E-state index contributed by atoms with van der Waals surface area (Å²) in [5, 5.41) is 3.93. The van der Waals surface area contributed by atoms with Gasteiger partial charge in [-0.15, -0.1) is 0 Å². The number of rotatable bonds is 6. The Labute approximate surface area is 141 Å². The number of carbonyl (C=O) groups is 1. The third kappa shape index (κ3) is 3.64. The number of nitrogens with zero attached hydrogens (tertiary/aromatic N) is 3. The molecular weight excluding hydrogens is 306 g/mol. The van der Waals surface area contributed by atoms with Gasteiger partial charge in [0.2, 0.25) is 11.8 Å². The monoisotopic (exact) mass is 329 g/mol. The first-order valence-corrected chi connectivity index (χ1v) is 8.24. The van der Waals surface area contributed by atoms with E-state index in [4.69, 9.17) is 9.26 Å². The third-order valence-corrected chi connectivity index (χ3v) is 4.62. The fourth-order valence-electron chi connectivity index (χ4n) is 3.16. The molecule has 2 aromatic rings. The fourth-order valence-corrected chi connectivity index (χ4v) is 3.16. The number of benzene rings is 1. The number of hydrogen-bond acceptors (Lipinski definition) is 5. The maximum absolute atomic E-state index is 12.3. The summed E-state index contributed by atoms with van der Waals surface area (Å²) in [5.74, 6) is 1.23. The van der Waals surface area contributed by atoms with Gasteiger partial charge in [-0.1, -0.05) is 42.4 Å². The van der Waals surface area contributed by atoms with Gasteiger partial charge < -0.3 is 14.2 Å². The predicted octanol–water partition coefficient (Wildman–Crippen LogP) is 2.34. The van der Waals surface area contributed by atoms with Crippen LogP contribution in [0, 0.1) is 0 Å². The number of carbonyl (C=O) groups excluding carboxylic acids is 1. The van der Waals surface area contributed by atoms with Crippen LogP contribution >= 0.6 is 0 Å². The standard InChI is InChI=1S/C18H23N3O3/c1-18(14-6-4-3-5-7-14)10-8-17(22)21(13-18)12-16-19-15(20-24-16)9-11-23-2/h3-7H,8-13H2,1-2H3/t18-/m1/s1. The number of hydrogen-bond donors (Lipinski definition) is 0. The lowest BCUT2D eigenvalue weighted by Crippen LogP contribution is -2.47. The molecule has 1 aromatic carbocycles. The van der Waals surface area contributed by atoms with Crippen LogP contribution in [0.2, 0.25) is 0 Å². The van der Waals surface area contributed by atoms with E-state index in [1.54, 1.807) is 7.11 Å². The van der Waals surface area contributed by atoms with Crippen LogP contribution in [-0.4, -0.2) is 41.2 Å². The largest absolute Gasteiger partial charge is 0.384 e. The van der Waals surface area contributed by atoms with E-state index in [1.165, 1.54) is 5.56 Å². The number of aromatic nitrogens is 2. The number of amides is 1. The Morgan fingerprint density at radius 1 is 1.33 bits per heavy atom. The molecule has 24 heavy (non-hydrogen) atoms. The number of ether oxygens (including phenoxy) is 1. The maximum atomic E-state index is 12.3. The van der Waals surface area contributed by atoms with Crippen LogP contribution in [0.4, 0.5) is 0 Å². The molecule has 6 heteroatoms. The van der Waals surface area contributed by atoms with Gasteiger partial charge in [-0.2, -0.15) is 4.98 Å². The molecule has 1 atom stereocenters. The minimum absolute atomic E-state index is 0.0475. The summed E-state index contributed by atoms with van der Waals surface area (Å²) in [5.41, 5.74) is 1.21. The van der Waals surface area contributed by atoms with Gasteiger partial charge in [0.25, 0.3) is 0 Å². The van der Waals surface area contributed by atoms with E-state index >= 15 is 0 Å². The van der Waals surface area contributed by atoms with Crippen LogP contribution in [0.3, 0.4) is 0 Å². The Bertz CT molecular complexity index is 686. The average Bonchev–Trinajstić information content (AvgIpc) is 3.05. The van der Waals surface area contributed by atoms with Gasteiger partial charge in [-0.25, -0.2) is 0 Å². The minimum Gasteiger partial charge on any atom is -0.384 e. The smallest absolute Gasteiger partial charge is 0.246 e. The molecule has 1 amide bonds. The first-order chi connectivity index (χ1) is 11.6. The van der Waals surface area contributed by atoms with Gasteiger partial charge in [0.15, 0.2) is 5.82 Å². The van der Waals surface area contributed by atoms with Crippen molar-refractivity contribution in [3.8, 4) is 0 Å². The molecule has 0 aliphatic carbocycles. The SMILES string of the molecule is COCCc1noc(CN2C[C@](C)(c3ccccc3)CCC2=O)n1. The van der Waals surface area contributed by atoms with Crippen LogP contribution in [-0.2, 0) is 27.9 Å². The molecule has 0 radical (unpaired) electrons. The summed E-state index contributed by atoms with van der Waals surface area (Å²) >= 11 is 0. The Morgan fingerprint density at radius 3 is 2.88 bits per heavy atom. The zero-order valence-corrected chi connectivity index (χ0v) is 14.2.